The van der Waals surface area contributed by atoms with Crippen molar-refractivity contribution in [2.75, 3.05) is 6.61 Å². The zero-order valence-corrected chi connectivity index (χ0v) is 12.3. The minimum Gasteiger partial charge on any atom is -0.388 e. The predicted molar refractivity (Wildman–Crippen MR) is 80.9 cm³/mol. The van der Waals surface area contributed by atoms with Gasteiger partial charge < -0.3 is 9.84 Å². The molecule has 1 heterocycles. The lowest BCUT2D eigenvalue weighted by Gasteiger charge is -2.24. The molecule has 1 N–H and O–H groups in total. The number of hydrogen-bond donors (Lipinski definition) is 1. The van der Waals surface area contributed by atoms with E-state index in [2.05, 4.69) is 18.2 Å². The van der Waals surface area contributed by atoms with Gasteiger partial charge in [-0.25, -0.2) is 0 Å². The second kappa shape index (κ2) is 6.73. The number of ether oxygens (including phenoxy) is 1. The molecule has 1 fully saturated rings. The molecule has 20 heavy (non-hydrogen) atoms. The SMILES string of the molecule is OC(CCC1CCCCO1)c1ccc2c(c1)CCCC2. The molecule has 110 valence electrons. The van der Waals surface area contributed by atoms with Gasteiger partial charge in [0, 0.05) is 6.61 Å². The van der Waals surface area contributed by atoms with Gasteiger partial charge in [-0.05, 0) is 74.5 Å². The number of rotatable bonds is 4. The van der Waals surface area contributed by atoms with E-state index in [9.17, 15) is 5.11 Å². The maximum atomic E-state index is 10.4. The van der Waals surface area contributed by atoms with Gasteiger partial charge in [-0.1, -0.05) is 18.2 Å². The van der Waals surface area contributed by atoms with E-state index in [4.69, 9.17) is 4.74 Å². The molecule has 1 aromatic carbocycles. The van der Waals surface area contributed by atoms with Gasteiger partial charge in [0.05, 0.1) is 12.2 Å². The van der Waals surface area contributed by atoms with Crippen molar-refractivity contribution in [3.8, 4) is 0 Å². The van der Waals surface area contributed by atoms with E-state index in [-0.39, 0.29) is 6.10 Å². The average Bonchev–Trinajstić information content (AvgIpc) is 2.53. The number of benzene rings is 1. The lowest BCUT2D eigenvalue weighted by atomic mass is 9.89. The summed E-state index contributed by atoms with van der Waals surface area (Å²) in [5.41, 5.74) is 4.05. The third-order valence-electron chi connectivity index (χ3n) is 4.79. The van der Waals surface area contributed by atoms with E-state index in [1.807, 2.05) is 0 Å². The van der Waals surface area contributed by atoms with Gasteiger partial charge in [-0.3, -0.25) is 0 Å². The fraction of sp³-hybridized carbons (Fsp3) is 0.667. The molecule has 2 heteroatoms. The Balaban J connectivity index is 1.57. The van der Waals surface area contributed by atoms with Crippen molar-refractivity contribution in [3.63, 3.8) is 0 Å². The Morgan fingerprint density at radius 2 is 1.95 bits per heavy atom. The van der Waals surface area contributed by atoms with E-state index in [1.54, 1.807) is 0 Å². The van der Waals surface area contributed by atoms with Crippen LogP contribution in [0, 0.1) is 0 Å². The molecule has 0 radical (unpaired) electrons. The minimum absolute atomic E-state index is 0.326. The summed E-state index contributed by atoms with van der Waals surface area (Å²) >= 11 is 0. The highest BCUT2D eigenvalue weighted by Crippen LogP contribution is 2.28. The second-order valence-corrected chi connectivity index (χ2v) is 6.32. The number of aryl methyl sites for hydroxylation is 2. The zero-order chi connectivity index (χ0) is 13.8. The van der Waals surface area contributed by atoms with E-state index < -0.39 is 0 Å². The highest BCUT2D eigenvalue weighted by Gasteiger charge is 2.17. The zero-order valence-electron chi connectivity index (χ0n) is 12.3. The Kier molecular flexibility index (Phi) is 4.74. The maximum Gasteiger partial charge on any atom is 0.0791 e. The van der Waals surface area contributed by atoms with E-state index in [0.717, 1.165) is 31.4 Å². The number of fused-ring (bicyclic) bond motifs is 1. The van der Waals surface area contributed by atoms with Crippen molar-refractivity contribution in [3.05, 3.63) is 34.9 Å². The summed E-state index contributed by atoms with van der Waals surface area (Å²) in [6, 6.07) is 6.58. The number of aliphatic hydroxyl groups is 1. The molecule has 0 aromatic heterocycles. The van der Waals surface area contributed by atoms with Gasteiger partial charge in [0.2, 0.25) is 0 Å². The van der Waals surface area contributed by atoms with Crippen LogP contribution >= 0.6 is 0 Å². The first-order chi connectivity index (χ1) is 9.83. The highest BCUT2D eigenvalue weighted by atomic mass is 16.5. The van der Waals surface area contributed by atoms with Gasteiger partial charge >= 0.3 is 0 Å². The summed E-state index contributed by atoms with van der Waals surface area (Å²) in [7, 11) is 0. The van der Waals surface area contributed by atoms with Crippen molar-refractivity contribution in [2.45, 2.75) is 70.0 Å². The van der Waals surface area contributed by atoms with Crippen molar-refractivity contribution >= 4 is 0 Å². The van der Waals surface area contributed by atoms with E-state index in [0.29, 0.717) is 6.10 Å². The maximum absolute atomic E-state index is 10.4. The Bertz CT molecular complexity index is 435. The Labute approximate surface area is 122 Å². The molecule has 2 aliphatic rings. The molecule has 0 bridgehead atoms. The summed E-state index contributed by atoms with van der Waals surface area (Å²) in [4.78, 5) is 0. The largest absolute Gasteiger partial charge is 0.388 e. The van der Waals surface area contributed by atoms with Crippen LogP contribution in [0.4, 0.5) is 0 Å². The summed E-state index contributed by atoms with van der Waals surface area (Å²) in [5.74, 6) is 0. The van der Waals surface area contributed by atoms with Gasteiger partial charge in [-0.15, -0.1) is 0 Å². The van der Waals surface area contributed by atoms with Crippen molar-refractivity contribution in [1.29, 1.82) is 0 Å². The molecular formula is C18H26O2. The van der Waals surface area contributed by atoms with Gasteiger partial charge in [0.25, 0.3) is 0 Å². The normalized spacial score (nSPS) is 24.1. The second-order valence-electron chi connectivity index (χ2n) is 6.32. The van der Waals surface area contributed by atoms with Crippen LogP contribution in [0.25, 0.3) is 0 Å². The van der Waals surface area contributed by atoms with Crippen LogP contribution in [0.15, 0.2) is 18.2 Å². The van der Waals surface area contributed by atoms with Crippen LogP contribution in [0.1, 0.15) is 67.7 Å². The van der Waals surface area contributed by atoms with E-state index >= 15 is 0 Å². The van der Waals surface area contributed by atoms with Crippen LogP contribution < -0.4 is 0 Å². The minimum atomic E-state index is -0.326. The third-order valence-corrected chi connectivity index (χ3v) is 4.79. The third kappa shape index (κ3) is 3.42. The fourth-order valence-electron chi connectivity index (χ4n) is 3.51. The Morgan fingerprint density at radius 3 is 2.75 bits per heavy atom. The summed E-state index contributed by atoms with van der Waals surface area (Å²) in [5, 5.41) is 10.4. The summed E-state index contributed by atoms with van der Waals surface area (Å²) < 4.78 is 5.74. The lowest BCUT2D eigenvalue weighted by molar-refractivity contribution is 0.00212. The predicted octanol–water partition coefficient (Wildman–Crippen LogP) is 3.95. The molecule has 1 aliphatic heterocycles. The van der Waals surface area contributed by atoms with Crippen LogP contribution in [-0.2, 0) is 17.6 Å². The van der Waals surface area contributed by atoms with Crippen LogP contribution in [-0.4, -0.2) is 17.8 Å². The first-order valence-corrected chi connectivity index (χ1v) is 8.24. The Hall–Kier alpha value is -0.860. The van der Waals surface area contributed by atoms with E-state index in [1.165, 1.54) is 49.7 Å². The molecule has 0 saturated carbocycles. The monoisotopic (exact) mass is 274 g/mol. The number of hydrogen-bond acceptors (Lipinski definition) is 2. The topological polar surface area (TPSA) is 29.5 Å². The van der Waals surface area contributed by atoms with Gasteiger partial charge in [0.15, 0.2) is 0 Å². The summed E-state index contributed by atoms with van der Waals surface area (Å²) in [6.45, 7) is 0.902. The first kappa shape index (κ1) is 14.1. The van der Waals surface area contributed by atoms with Crippen molar-refractivity contribution in [2.24, 2.45) is 0 Å². The van der Waals surface area contributed by atoms with Crippen molar-refractivity contribution < 1.29 is 9.84 Å². The van der Waals surface area contributed by atoms with Gasteiger partial charge in [-0.2, -0.15) is 0 Å². The molecule has 1 aromatic rings. The molecule has 0 amide bonds. The first-order valence-electron chi connectivity index (χ1n) is 8.24. The van der Waals surface area contributed by atoms with Crippen LogP contribution in [0.2, 0.25) is 0 Å². The molecule has 2 nitrogen and oxygen atoms in total. The quantitative estimate of drug-likeness (QED) is 0.901. The molecular weight excluding hydrogens is 248 g/mol. The fourth-order valence-corrected chi connectivity index (χ4v) is 3.51. The van der Waals surface area contributed by atoms with Crippen LogP contribution in [0.5, 0.6) is 0 Å². The van der Waals surface area contributed by atoms with Gasteiger partial charge in [0.1, 0.15) is 0 Å². The molecule has 1 saturated heterocycles. The Morgan fingerprint density at radius 1 is 1.10 bits per heavy atom. The smallest absolute Gasteiger partial charge is 0.0791 e. The standard InChI is InChI=1S/C18H26O2/c19-18(11-10-17-7-3-4-12-20-17)16-9-8-14-5-1-2-6-15(14)13-16/h8-9,13,17-19H,1-7,10-12H2. The molecule has 2 unspecified atom stereocenters. The molecule has 2 atom stereocenters. The highest BCUT2D eigenvalue weighted by molar-refractivity contribution is 5.34. The average molecular weight is 274 g/mol. The molecule has 3 rings (SSSR count). The molecule has 1 aliphatic carbocycles. The van der Waals surface area contributed by atoms with Crippen molar-refractivity contribution in [1.82, 2.24) is 0 Å². The molecule has 0 spiro atoms. The number of aliphatic hydroxyl groups excluding tert-OH is 1. The summed E-state index contributed by atoms with van der Waals surface area (Å²) in [6.07, 6.45) is 10.5. The lowest BCUT2D eigenvalue weighted by Crippen LogP contribution is -2.19. The van der Waals surface area contributed by atoms with Crippen LogP contribution in [0.3, 0.4) is 0 Å².